The first-order valence-electron chi connectivity index (χ1n) is 6.62. The van der Waals surface area contributed by atoms with E-state index in [-0.39, 0.29) is 0 Å². The Morgan fingerprint density at radius 3 is 2.31 bits per heavy atom. The number of rotatable bonds is 7. The summed E-state index contributed by atoms with van der Waals surface area (Å²) in [5.41, 5.74) is 0. The van der Waals surface area contributed by atoms with Crippen molar-refractivity contribution >= 4 is 0 Å². The average molecular weight is 229 g/mol. The topological polar surface area (TPSA) is 21.7 Å². The lowest BCUT2D eigenvalue weighted by atomic mass is 9.87. The maximum absolute atomic E-state index is 5.57. The summed E-state index contributed by atoms with van der Waals surface area (Å²) in [5.74, 6) is 1.75. The van der Waals surface area contributed by atoms with Gasteiger partial charge < -0.3 is 9.47 Å². The van der Waals surface area contributed by atoms with Gasteiger partial charge in [0.25, 0.3) is 0 Å². The van der Waals surface area contributed by atoms with Crippen molar-refractivity contribution in [3.8, 4) is 0 Å². The molecule has 1 heterocycles. The lowest BCUT2D eigenvalue weighted by molar-refractivity contribution is -0.0175. The van der Waals surface area contributed by atoms with Crippen LogP contribution in [0.1, 0.15) is 33.6 Å². The van der Waals surface area contributed by atoms with E-state index in [1.165, 1.54) is 25.9 Å². The molecule has 1 aliphatic rings. The third kappa shape index (κ3) is 5.28. The Labute approximate surface area is 100 Å². The van der Waals surface area contributed by atoms with Gasteiger partial charge in [-0.05, 0) is 31.6 Å². The summed E-state index contributed by atoms with van der Waals surface area (Å²) < 4.78 is 10.8. The van der Waals surface area contributed by atoms with Gasteiger partial charge in [0.2, 0.25) is 0 Å². The molecule has 1 rings (SSSR count). The molecule has 96 valence electrons. The van der Waals surface area contributed by atoms with Gasteiger partial charge in [-0.1, -0.05) is 13.8 Å². The molecule has 0 aromatic carbocycles. The van der Waals surface area contributed by atoms with Gasteiger partial charge in [0.1, 0.15) is 0 Å². The molecule has 0 aromatic heterocycles. The number of likely N-dealkylation sites (tertiary alicyclic amines) is 1. The van der Waals surface area contributed by atoms with Crippen LogP contribution in [0.25, 0.3) is 0 Å². The highest BCUT2D eigenvalue weighted by molar-refractivity contribution is 4.72. The van der Waals surface area contributed by atoms with Gasteiger partial charge in [-0.3, -0.25) is 4.90 Å². The van der Waals surface area contributed by atoms with Crippen LogP contribution >= 0.6 is 0 Å². The number of piperidine rings is 1. The van der Waals surface area contributed by atoms with Gasteiger partial charge in [-0.15, -0.1) is 0 Å². The second kappa shape index (κ2) is 8.04. The summed E-state index contributed by atoms with van der Waals surface area (Å²) in [6.45, 7) is 12.1. The van der Waals surface area contributed by atoms with Crippen molar-refractivity contribution in [2.75, 3.05) is 39.6 Å². The van der Waals surface area contributed by atoms with Gasteiger partial charge in [-0.2, -0.15) is 0 Å². The van der Waals surface area contributed by atoms with Crippen LogP contribution in [0.2, 0.25) is 0 Å². The van der Waals surface area contributed by atoms with E-state index in [1.807, 2.05) is 6.92 Å². The molecule has 3 heteroatoms. The van der Waals surface area contributed by atoms with Crippen molar-refractivity contribution < 1.29 is 9.47 Å². The second-order valence-corrected chi connectivity index (χ2v) is 4.93. The van der Waals surface area contributed by atoms with E-state index in [4.69, 9.17) is 9.47 Å². The van der Waals surface area contributed by atoms with Crippen LogP contribution in [0, 0.1) is 11.8 Å². The first kappa shape index (κ1) is 13.9. The average Bonchev–Trinajstić information content (AvgIpc) is 2.29. The van der Waals surface area contributed by atoms with Crippen molar-refractivity contribution in [1.29, 1.82) is 0 Å². The fourth-order valence-electron chi connectivity index (χ4n) is 2.20. The molecule has 0 aromatic rings. The zero-order chi connectivity index (χ0) is 11.8. The van der Waals surface area contributed by atoms with Crippen molar-refractivity contribution in [1.82, 2.24) is 4.90 Å². The Kier molecular flexibility index (Phi) is 7.01. The molecule has 0 saturated carbocycles. The summed E-state index contributed by atoms with van der Waals surface area (Å²) in [6.07, 6.45) is 2.65. The number of nitrogens with zero attached hydrogens (tertiary/aromatic N) is 1. The van der Waals surface area contributed by atoms with E-state index in [2.05, 4.69) is 18.7 Å². The predicted octanol–water partition coefficient (Wildman–Crippen LogP) is 2.37. The molecule has 1 fully saturated rings. The number of hydrogen-bond donors (Lipinski definition) is 0. The van der Waals surface area contributed by atoms with Crippen LogP contribution in [-0.4, -0.2) is 44.5 Å². The minimum atomic E-state index is 0.720. The molecule has 16 heavy (non-hydrogen) atoms. The predicted molar refractivity (Wildman–Crippen MR) is 66.4 cm³/mol. The molecule has 0 bridgehead atoms. The Morgan fingerprint density at radius 1 is 1.12 bits per heavy atom. The Bertz CT molecular complexity index is 165. The van der Waals surface area contributed by atoms with Crippen LogP contribution in [-0.2, 0) is 9.47 Å². The minimum Gasteiger partial charge on any atom is -0.379 e. The highest BCUT2D eigenvalue weighted by Crippen LogP contribution is 2.23. The quantitative estimate of drug-likeness (QED) is 0.626. The molecule has 0 atom stereocenters. The maximum Gasteiger partial charge on any atom is 0.0991 e. The van der Waals surface area contributed by atoms with Gasteiger partial charge >= 0.3 is 0 Å². The maximum atomic E-state index is 5.57. The third-order valence-electron chi connectivity index (χ3n) is 3.43. The monoisotopic (exact) mass is 229 g/mol. The Morgan fingerprint density at radius 2 is 1.75 bits per heavy atom. The molecule has 1 aliphatic heterocycles. The SMILES string of the molecule is CCOCCOCN1CCC(C(C)C)CC1. The Hall–Kier alpha value is -0.120. The van der Waals surface area contributed by atoms with Crippen molar-refractivity contribution in [3.05, 3.63) is 0 Å². The van der Waals surface area contributed by atoms with Crippen LogP contribution in [0.15, 0.2) is 0 Å². The standard InChI is InChI=1S/C13H27NO2/c1-4-15-9-10-16-11-14-7-5-13(6-8-14)12(2)3/h12-13H,4-11H2,1-3H3. The van der Waals surface area contributed by atoms with E-state index in [0.29, 0.717) is 0 Å². The second-order valence-electron chi connectivity index (χ2n) is 4.93. The van der Waals surface area contributed by atoms with E-state index >= 15 is 0 Å². The zero-order valence-corrected chi connectivity index (χ0v) is 11.1. The highest BCUT2D eigenvalue weighted by atomic mass is 16.5. The molecule has 0 radical (unpaired) electrons. The summed E-state index contributed by atoms with van der Waals surface area (Å²) in [6, 6.07) is 0. The van der Waals surface area contributed by atoms with Crippen molar-refractivity contribution in [2.45, 2.75) is 33.6 Å². The van der Waals surface area contributed by atoms with E-state index < -0.39 is 0 Å². The lowest BCUT2D eigenvalue weighted by Crippen LogP contribution is -2.37. The fourth-order valence-corrected chi connectivity index (χ4v) is 2.20. The highest BCUT2D eigenvalue weighted by Gasteiger charge is 2.21. The minimum absolute atomic E-state index is 0.720. The number of hydrogen-bond acceptors (Lipinski definition) is 3. The van der Waals surface area contributed by atoms with E-state index in [1.54, 1.807) is 0 Å². The Balaban J connectivity index is 1.99. The molecular weight excluding hydrogens is 202 g/mol. The van der Waals surface area contributed by atoms with Crippen molar-refractivity contribution in [2.24, 2.45) is 11.8 Å². The molecule has 0 spiro atoms. The first-order valence-corrected chi connectivity index (χ1v) is 6.62. The third-order valence-corrected chi connectivity index (χ3v) is 3.43. The van der Waals surface area contributed by atoms with Gasteiger partial charge in [0.15, 0.2) is 0 Å². The van der Waals surface area contributed by atoms with Crippen LogP contribution < -0.4 is 0 Å². The molecule has 1 saturated heterocycles. The molecule has 3 nitrogen and oxygen atoms in total. The van der Waals surface area contributed by atoms with Gasteiger partial charge in [-0.25, -0.2) is 0 Å². The zero-order valence-electron chi connectivity index (χ0n) is 11.1. The summed E-state index contributed by atoms with van der Waals surface area (Å²) in [4.78, 5) is 2.41. The summed E-state index contributed by atoms with van der Waals surface area (Å²) >= 11 is 0. The van der Waals surface area contributed by atoms with Gasteiger partial charge in [0, 0.05) is 19.7 Å². The van der Waals surface area contributed by atoms with Gasteiger partial charge in [0.05, 0.1) is 19.9 Å². The van der Waals surface area contributed by atoms with Crippen LogP contribution in [0.3, 0.4) is 0 Å². The smallest absolute Gasteiger partial charge is 0.0991 e. The van der Waals surface area contributed by atoms with E-state index in [9.17, 15) is 0 Å². The molecule has 0 aliphatic carbocycles. The first-order chi connectivity index (χ1) is 7.74. The molecule has 0 amide bonds. The van der Waals surface area contributed by atoms with E-state index in [0.717, 1.165) is 38.4 Å². The molecule has 0 N–H and O–H groups in total. The van der Waals surface area contributed by atoms with Crippen molar-refractivity contribution in [3.63, 3.8) is 0 Å². The summed E-state index contributed by atoms with van der Waals surface area (Å²) in [5, 5.41) is 0. The lowest BCUT2D eigenvalue weighted by Gasteiger charge is -2.33. The fraction of sp³-hybridized carbons (Fsp3) is 1.00. The molecular formula is C13H27NO2. The largest absolute Gasteiger partial charge is 0.379 e. The van der Waals surface area contributed by atoms with Crippen LogP contribution in [0.5, 0.6) is 0 Å². The summed E-state index contributed by atoms with van der Waals surface area (Å²) in [7, 11) is 0. The normalized spacial score (nSPS) is 19.5. The molecule has 0 unspecified atom stereocenters. The number of ether oxygens (including phenoxy) is 2. The van der Waals surface area contributed by atoms with Crippen LogP contribution in [0.4, 0.5) is 0 Å².